The van der Waals surface area contributed by atoms with E-state index in [1.807, 2.05) is 0 Å². The first-order valence-corrected chi connectivity index (χ1v) is 28.7. The first-order chi connectivity index (χ1) is 31.5. The van der Waals surface area contributed by atoms with Crippen molar-refractivity contribution in [1.29, 1.82) is 0 Å². The molecule has 6 nitrogen and oxygen atoms in total. The molecule has 0 heterocycles. The first kappa shape index (κ1) is 62.8. The molecule has 0 aromatic carbocycles. The van der Waals surface area contributed by atoms with Gasteiger partial charge in [-0.1, -0.05) is 282 Å². The number of aliphatic hydroxyl groups excluding tert-OH is 4. The Kier molecular flexibility index (Phi) is 51.8. The Balaban J connectivity index is 3.60. The van der Waals surface area contributed by atoms with Crippen molar-refractivity contribution in [1.82, 2.24) is 5.32 Å². The number of hydrogen-bond donors (Lipinski definition) is 5. The molecule has 0 saturated heterocycles. The van der Waals surface area contributed by atoms with Gasteiger partial charge in [0.25, 0.3) is 0 Å². The molecular weight excluding hydrogens is 791 g/mol. The summed E-state index contributed by atoms with van der Waals surface area (Å²) in [6.07, 6.45) is 64.0. The molecule has 5 N–H and O–H groups in total. The molecule has 0 bridgehead atoms. The highest BCUT2D eigenvalue weighted by Crippen LogP contribution is 2.18. The van der Waals surface area contributed by atoms with E-state index in [2.05, 4.69) is 43.5 Å². The Morgan fingerprint density at radius 3 is 0.984 bits per heavy atom. The lowest BCUT2D eigenvalue weighted by atomic mass is 10.00. The van der Waals surface area contributed by atoms with Crippen molar-refractivity contribution in [3.8, 4) is 0 Å². The number of nitrogens with one attached hydrogen (secondary N) is 1. The molecule has 4 unspecified atom stereocenters. The molecule has 0 radical (unpaired) electrons. The van der Waals surface area contributed by atoms with E-state index in [0.717, 1.165) is 38.5 Å². The monoisotopic (exact) mass is 904 g/mol. The third-order valence-corrected chi connectivity index (χ3v) is 13.6. The van der Waals surface area contributed by atoms with E-state index in [-0.39, 0.29) is 0 Å². The molecule has 0 spiro atoms. The molecule has 0 aliphatic heterocycles. The van der Waals surface area contributed by atoms with Crippen molar-refractivity contribution < 1.29 is 25.2 Å². The fourth-order valence-corrected chi connectivity index (χ4v) is 9.13. The minimum atomic E-state index is -1.29. The summed E-state index contributed by atoms with van der Waals surface area (Å²) in [5.41, 5.74) is 0. The van der Waals surface area contributed by atoms with Gasteiger partial charge in [0.2, 0.25) is 5.91 Å². The van der Waals surface area contributed by atoms with Crippen LogP contribution in [-0.4, -0.2) is 57.3 Å². The summed E-state index contributed by atoms with van der Waals surface area (Å²) in [5, 5.41) is 43.9. The van der Waals surface area contributed by atoms with Crippen LogP contribution >= 0.6 is 0 Å². The third kappa shape index (κ3) is 45.9. The first-order valence-electron chi connectivity index (χ1n) is 28.7. The fraction of sp³-hybridized carbons (Fsp3) is 0.914. The van der Waals surface area contributed by atoms with Gasteiger partial charge in [-0.05, 0) is 51.4 Å². The van der Waals surface area contributed by atoms with Crippen molar-refractivity contribution in [3.63, 3.8) is 0 Å². The molecule has 0 saturated carbocycles. The van der Waals surface area contributed by atoms with Gasteiger partial charge < -0.3 is 25.7 Å². The SMILES string of the molecule is CCCCCCCCCCC/C=C/CC/C=C/CCCC(O)C(O)C(CO)NC(=O)C(O)CCCCCCCCCCCCCCCCCCCCCCCCCCCCCCCC. The van der Waals surface area contributed by atoms with Crippen LogP contribution in [0.25, 0.3) is 0 Å². The molecular formula is C58H113NO5. The maximum Gasteiger partial charge on any atom is 0.249 e. The molecule has 0 aliphatic carbocycles. The van der Waals surface area contributed by atoms with E-state index < -0.39 is 36.9 Å². The summed E-state index contributed by atoms with van der Waals surface area (Å²) in [6.45, 7) is 4.07. The highest BCUT2D eigenvalue weighted by molar-refractivity contribution is 5.80. The predicted octanol–water partition coefficient (Wildman–Crippen LogP) is 16.6. The van der Waals surface area contributed by atoms with Crippen LogP contribution in [0.3, 0.4) is 0 Å². The highest BCUT2D eigenvalue weighted by Gasteiger charge is 2.28. The van der Waals surface area contributed by atoms with E-state index in [0.29, 0.717) is 19.3 Å². The number of rotatable bonds is 53. The summed E-state index contributed by atoms with van der Waals surface area (Å²) < 4.78 is 0. The average molecular weight is 905 g/mol. The normalized spacial score (nSPS) is 13.9. The van der Waals surface area contributed by atoms with Crippen molar-refractivity contribution in [2.45, 2.75) is 334 Å². The molecule has 1 amide bonds. The standard InChI is InChI=1S/C58H113NO5/c1-3-5-7-9-11-13-15-17-19-21-23-24-25-26-27-28-29-30-31-32-33-34-36-38-40-42-44-46-48-50-52-56(62)58(64)59-54(53-60)57(63)55(61)51-49-47-45-43-41-39-37-35-22-20-18-16-14-12-10-8-6-4-2/h35,37,43,45,54-57,60-63H,3-34,36,38-42,44,46-53H2,1-2H3,(H,59,64)/b37-35+,45-43+. The van der Waals surface area contributed by atoms with E-state index in [4.69, 9.17) is 0 Å². The second-order valence-corrected chi connectivity index (χ2v) is 20.0. The number of allylic oxidation sites excluding steroid dienone is 4. The van der Waals surface area contributed by atoms with Gasteiger partial charge >= 0.3 is 0 Å². The Labute approximate surface area is 399 Å². The van der Waals surface area contributed by atoms with Gasteiger partial charge in [0.15, 0.2) is 0 Å². The van der Waals surface area contributed by atoms with Crippen molar-refractivity contribution >= 4 is 5.91 Å². The van der Waals surface area contributed by atoms with E-state index in [1.165, 1.54) is 238 Å². The van der Waals surface area contributed by atoms with E-state index >= 15 is 0 Å². The lowest BCUT2D eigenvalue weighted by molar-refractivity contribution is -0.132. The molecule has 64 heavy (non-hydrogen) atoms. The Hall–Kier alpha value is -1.21. The summed E-state index contributed by atoms with van der Waals surface area (Å²) in [7, 11) is 0. The zero-order valence-electron chi connectivity index (χ0n) is 43.0. The molecule has 0 fully saturated rings. The third-order valence-electron chi connectivity index (χ3n) is 13.6. The highest BCUT2D eigenvalue weighted by atomic mass is 16.3. The van der Waals surface area contributed by atoms with Crippen LogP contribution in [0.4, 0.5) is 0 Å². The van der Waals surface area contributed by atoms with Gasteiger partial charge in [-0.25, -0.2) is 0 Å². The lowest BCUT2D eigenvalue weighted by Crippen LogP contribution is -2.53. The van der Waals surface area contributed by atoms with Crippen LogP contribution in [0, 0.1) is 0 Å². The molecule has 380 valence electrons. The van der Waals surface area contributed by atoms with Gasteiger partial charge in [0, 0.05) is 0 Å². The Morgan fingerprint density at radius 2 is 0.656 bits per heavy atom. The summed E-state index contributed by atoms with van der Waals surface area (Å²) >= 11 is 0. The van der Waals surface area contributed by atoms with Crippen LogP contribution in [-0.2, 0) is 4.79 Å². The van der Waals surface area contributed by atoms with Crippen LogP contribution in [0.1, 0.15) is 309 Å². The molecule has 0 rings (SSSR count). The maximum absolute atomic E-state index is 12.6. The van der Waals surface area contributed by atoms with Crippen molar-refractivity contribution in [2.75, 3.05) is 6.61 Å². The van der Waals surface area contributed by atoms with E-state index in [9.17, 15) is 25.2 Å². The smallest absolute Gasteiger partial charge is 0.249 e. The quantitative estimate of drug-likeness (QED) is 0.0308. The van der Waals surface area contributed by atoms with Gasteiger partial charge in [-0.15, -0.1) is 0 Å². The van der Waals surface area contributed by atoms with Crippen molar-refractivity contribution in [2.24, 2.45) is 0 Å². The minimum absolute atomic E-state index is 0.365. The van der Waals surface area contributed by atoms with Gasteiger partial charge in [0.1, 0.15) is 12.2 Å². The summed E-state index contributed by atoms with van der Waals surface area (Å²) in [5.74, 6) is -0.592. The number of carbonyl (C=O) groups excluding carboxylic acids is 1. The molecule has 0 aromatic rings. The number of aliphatic hydroxyl groups is 4. The molecule has 0 aliphatic rings. The minimum Gasteiger partial charge on any atom is -0.394 e. The number of unbranched alkanes of at least 4 members (excludes halogenated alkanes) is 40. The molecule has 0 aromatic heterocycles. The molecule has 4 atom stereocenters. The zero-order valence-corrected chi connectivity index (χ0v) is 43.0. The van der Waals surface area contributed by atoms with Crippen molar-refractivity contribution in [3.05, 3.63) is 24.3 Å². The average Bonchev–Trinajstić information content (AvgIpc) is 3.30. The maximum atomic E-state index is 12.6. The number of carbonyl (C=O) groups is 1. The largest absolute Gasteiger partial charge is 0.394 e. The summed E-state index contributed by atoms with van der Waals surface area (Å²) in [4.78, 5) is 12.6. The predicted molar refractivity (Wildman–Crippen MR) is 279 cm³/mol. The van der Waals surface area contributed by atoms with Crippen LogP contribution in [0.15, 0.2) is 24.3 Å². The zero-order chi connectivity index (χ0) is 46.7. The van der Waals surface area contributed by atoms with Crippen LogP contribution < -0.4 is 5.32 Å². The Bertz CT molecular complexity index is 970. The fourth-order valence-electron chi connectivity index (χ4n) is 9.13. The van der Waals surface area contributed by atoms with Gasteiger partial charge in [-0.3, -0.25) is 4.79 Å². The number of hydrogen-bond acceptors (Lipinski definition) is 5. The second-order valence-electron chi connectivity index (χ2n) is 20.0. The van der Waals surface area contributed by atoms with E-state index in [1.54, 1.807) is 0 Å². The topological polar surface area (TPSA) is 110 Å². The number of amides is 1. The second kappa shape index (κ2) is 52.8. The summed E-state index contributed by atoms with van der Waals surface area (Å²) in [6, 6.07) is -1.01. The van der Waals surface area contributed by atoms with Gasteiger partial charge in [0.05, 0.1) is 18.8 Å². The molecule has 6 heteroatoms. The lowest BCUT2D eigenvalue weighted by Gasteiger charge is -2.27. The van der Waals surface area contributed by atoms with Crippen LogP contribution in [0.5, 0.6) is 0 Å². The Morgan fingerprint density at radius 1 is 0.375 bits per heavy atom. The van der Waals surface area contributed by atoms with Gasteiger partial charge in [-0.2, -0.15) is 0 Å². The van der Waals surface area contributed by atoms with Crippen LogP contribution in [0.2, 0.25) is 0 Å².